The molecule has 20 heavy (non-hydrogen) atoms. The number of halogens is 2. The molecule has 0 aliphatic heterocycles. The van der Waals surface area contributed by atoms with Crippen LogP contribution in [0.25, 0.3) is 0 Å². The van der Waals surface area contributed by atoms with Gasteiger partial charge in [0.25, 0.3) is 0 Å². The number of unbranched alkanes of at least 4 members (excludes halogenated alkanes) is 1. The summed E-state index contributed by atoms with van der Waals surface area (Å²) in [5, 5.41) is 7.40. The third-order valence-corrected chi connectivity index (χ3v) is 3.67. The van der Waals surface area contributed by atoms with Gasteiger partial charge in [-0.25, -0.2) is 0 Å². The highest BCUT2D eigenvalue weighted by atomic mass is 35.5. The Morgan fingerprint density at radius 2 is 2.05 bits per heavy atom. The molecule has 0 saturated heterocycles. The van der Waals surface area contributed by atoms with E-state index in [2.05, 4.69) is 17.6 Å². The molecule has 0 heterocycles. The smallest absolute Gasteiger partial charge is 0.236 e. The highest BCUT2D eigenvalue weighted by Crippen LogP contribution is 2.21. The Bertz CT molecular complexity index is 438. The third kappa shape index (κ3) is 6.12. The predicted octanol–water partition coefficient (Wildman–Crippen LogP) is 3.43. The lowest BCUT2D eigenvalue weighted by Gasteiger charge is -2.14. The van der Waals surface area contributed by atoms with Crippen LogP contribution in [0.5, 0.6) is 0 Å². The molecular formula is C15H22Cl2N2O. The number of carbonyl (C=O) groups is 1. The van der Waals surface area contributed by atoms with Crippen molar-refractivity contribution < 1.29 is 4.79 Å². The molecule has 0 saturated carbocycles. The summed E-state index contributed by atoms with van der Waals surface area (Å²) in [7, 11) is 0. The van der Waals surface area contributed by atoms with Gasteiger partial charge in [-0.1, -0.05) is 42.6 Å². The molecular weight excluding hydrogens is 295 g/mol. The average Bonchev–Trinajstić information content (AvgIpc) is 2.41. The Morgan fingerprint density at radius 3 is 2.70 bits per heavy atom. The quantitative estimate of drug-likeness (QED) is 0.721. The minimum Gasteiger partial charge on any atom is -0.355 e. The molecule has 112 valence electrons. The molecule has 1 aromatic rings. The first-order valence-electron chi connectivity index (χ1n) is 6.99. The summed E-state index contributed by atoms with van der Waals surface area (Å²) in [5.41, 5.74) is 1.03. The molecule has 0 fully saturated rings. The third-order valence-electron chi connectivity index (χ3n) is 3.08. The van der Waals surface area contributed by atoms with Gasteiger partial charge in [-0.2, -0.15) is 0 Å². The first kappa shape index (κ1) is 17.3. The molecule has 1 aromatic carbocycles. The molecule has 0 bridgehead atoms. The number of rotatable bonds is 8. The Hall–Kier alpha value is -0.770. The Labute approximate surface area is 131 Å². The maximum absolute atomic E-state index is 11.8. The van der Waals surface area contributed by atoms with Gasteiger partial charge in [0.1, 0.15) is 0 Å². The van der Waals surface area contributed by atoms with Crippen LogP contribution in [-0.4, -0.2) is 25.0 Å². The molecule has 1 unspecified atom stereocenters. The number of amides is 1. The fourth-order valence-corrected chi connectivity index (χ4v) is 2.28. The second kappa shape index (κ2) is 9.22. The number of nitrogens with one attached hydrogen (secondary N) is 2. The number of carbonyl (C=O) groups excluding carboxylic acids is 1. The molecule has 0 aromatic heterocycles. The van der Waals surface area contributed by atoms with E-state index in [0.717, 1.165) is 31.4 Å². The van der Waals surface area contributed by atoms with E-state index in [1.807, 2.05) is 19.1 Å². The summed E-state index contributed by atoms with van der Waals surface area (Å²) in [6, 6.07) is 5.28. The molecule has 0 radical (unpaired) electrons. The van der Waals surface area contributed by atoms with Crippen molar-refractivity contribution in [2.45, 2.75) is 39.2 Å². The van der Waals surface area contributed by atoms with Gasteiger partial charge in [-0.15, -0.1) is 0 Å². The molecule has 1 rings (SSSR count). The van der Waals surface area contributed by atoms with Gasteiger partial charge < -0.3 is 10.6 Å². The van der Waals surface area contributed by atoms with E-state index in [1.165, 1.54) is 0 Å². The van der Waals surface area contributed by atoms with Crippen LogP contribution in [0.2, 0.25) is 10.0 Å². The topological polar surface area (TPSA) is 41.1 Å². The molecule has 3 nitrogen and oxygen atoms in total. The van der Waals surface area contributed by atoms with Crippen LogP contribution in [0.1, 0.15) is 32.3 Å². The monoisotopic (exact) mass is 316 g/mol. The SMILES string of the molecule is CCCCNC(=O)C(C)NCCc1ccc(Cl)cc1Cl. The fraction of sp³-hybridized carbons (Fsp3) is 0.533. The summed E-state index contributed by atoms with van der Waals surface area (Å²) < 4.78 is 0. The van der Waals surface area contributed by atoms with Gasteiger partial charge in [0.05, 0.1) is 6.04 Å². The summed E-state index contributed by atoms with van der Waals surface area (Å²) >= 11 is 12.0. The van der Waals surface area contributed by atoms with E-state index < -0.39 is 0 Å². The highest BCUT2D eigenvalue weighted by molar-refractivity contribution is 6.35. The first-order valence-corrected chi connectivity index (χ1v) is 7.75. The minimum absolute atomic E-state index is 0.0423. The molecule has 0 aliphatic rings. The van der Waals surface area contributed by atoms with Gasteiger partial charge in [-0.05, 0) is 44.0 Å². The van der Waals surface area contributed by atoms with Crippen LogP contribution < -0.4 is 10.6 Å². The zero-order valence-corrected chi connectivity index (χ0v) is 13.5. The van der Waals surface area contributed by atoms with Crippen LogP contribution in [-0.2, 0) is 11.2 Å². The van der Waals surface area contributed by atoms with Crippen molar-refractivity contribution >= 4 is 29.1 Å². The molecule has 0 spiro atoms. The second-order valence-corrected chi connectivity index (χ2v) is 5.65. The van der Waals surface area contributed by atoms with Gasteiger partial charge in [0, 0.05) is 16.6 Å². The minimum atomic E-state index is -0.196. The van der Waals surface area contributed by atoms with Crippen molar-refractivity contribution in [3.8, 4) is 0 Å². The van der Waals surface area contributed by atoms with Crippen molar-refractivity contribution in [3.63, 3.8) is 0 Å². The lowest BCUT2D eigenvalue weighted by atomic mass is 10.1. The van der Waals surface area contributed by atoms with Crippen LogP contribution in [0.4, 0.5) is 0 Å². The second-order valence-electron chi connectivity index (χ2n) is 4.81. The number of benzene rings is 1. The van der Waals surface area contributed by atoms with E-state index in [-0.39, 0.29) is 11.9 Å². The van der Waals surface area contributed by atoms with Crippen molar-refractivity contribution in [2.75, 3.05) is 13.1 Å². The number of hydrogen-bond donors (Lipinski definition) is 2. The lowest BCUT2D eigenvalue weighted by molar-refractivity contribution is -0.122. The van der Waals surface area contributed by atoms with Crippen molar-refractivity contribution in [1.29, 1.82) is 0 Å². The maximum Gasteiger partial charge on any atom is 0.236 e. The van der Waals surface area contributed by atoms with E-state index in [0.29, 0.717) is 16.6 Å². The largest absolute Gasteiger partial charge is 0.355 e. The lowest BCUT2D eigenvalue weighted by Crippen LogP contribution is -2.43. The van der Waals surface area contributed by atoms with Crippen LogP contribution >= 0.6 is 23.2 Å². The first-order chi connectivity index (χ1) is 9.54. The van der Waals surface area contributed by atoms with Gasteiger partial charge in [0.15, 0.2) is 0 Å². The molecule has 1 amide bonds. The van der Waals surface area contributed by atoms with Crippen LogP contribution in [0, 0.1) is 0 Å². The highest BCUT2D eigenvalue weighted by Gasteiger charge is 2.11. The van der Waals surface area contributed by atoms with Gasteiger partial charge >= 0.3 is 0 Å². The molecule has 1 atom stereocenters. The zero-order chi connectivity index (χ0) is 15.0. The summed E-state index contributed by atoms with van der Waals surface area (Å²) in [6.07, 6.45) is 2.86. The van der Waals surface area contributed by atoms with E-state index in [4.69, 9.17) is 23.2 Å². The summed E-state index contributed by atoms with van der Waals surface area (Å²) in [6.45, 7) is 5.41. The summed E-state index contributed by atoms with van der Waals surface area (Å²) in [5.74, 6) is 0.0423. The van der Waals surface area contributed by atoms with Gasteiger partial charge in [0.2, 0.25) is 5.91 Å². The average molecular weight is 317 g/mol. The van der Waals surface area contributed by atoms with E-state index in [1.54, 1.807) is 6.07 Å². The summed E-state index contributed by atoms with van der Waals surface area (Å²) in [4.78, 5) is 11.8. The van der Waals surface area contributed by atoms with Crippen molar-refractivity contribution in [3.05, 3.63) is 33.8 Å². The maximum atomic E-state index is 11.8. The fourth-order valence-electron chi connectivity index (χ4n) is 1.78. The van der Waals surface area contributed by atoms with Gasteiger partial charge in [-0.3, -0.25) is 4.79 Å². The predicted molar refractivity (Wildman–Crippen MR) is 85.5 cm³/mol. The normalized spacial score (nSPS) is 12.2. The Morgan fingerprint density at radius 1 is 1.30 bits per heavy atom. The van der Waals surface area contributed by atoms with Crippen LogP contribution in [0.15, 0.2) is 18.2 Å². The zero-order valence-electron chi connectivity index (χ0n) is 12.0. The Balaban J connectivity index is 2.30. The van der Waals surface area contributed by atoms with E-state index in [9.17, 15) is 4.79 Å². The standard InChI is InChI=1S/C15H22Cl2N2O/c1-3-4-8-19-15(20)11(2)18-9-7-12-5-6-13(16)10-14(12)17/h5-6,10-11,18H,3-4,7-9H2,1-2H3,(H,19,20). The molecule has 2 N–H and O–H groups in total. The number of hydrogen-bond acceptors (Lipinski definition) is 2. The molecule has 0 aliphatic carbocycles. The molecule has 5 heteroatoms. The van der Waals surface area contributed by atoms with E-state index >= 15 is 0 Å². The van der Waals surface area contributed by atoms with Crippen molar-refractivity contribution in [2.24, 2.45) is 0 Å². The van der Waals surface area contributed by atoms with Crippen molar-refractivity contribution in [1.82, 2.24) is 10.6 Å². The van der Waals surface area contributed by atoms with Crippen LogP contribution in [0.3, 0.4) is 0 Å². The Kier molecular flexibility index (Phi) is 7.97.